The zero-order chi connectivity index (χ0) is 11.4. The number of aromatic nitrogens is 2. The third-order valence-electron chi connectivity index (χ3n) is 2.06. The van der Waals surface area contributed by atoms with Crippen LogP contribution in [0, 0.1) is 13.8 Å². The summed E-state index contributed by atoms with van der Waals surface area (Å²) in [6, 6.07) is 0.00926. The summed E-state index contributed by atoms with van der Waals surface area (Å²) in [5, 5.41) is 2.98. The van der Waals surface area contributed by atoms with Crippen molar-refractivity contribution in [1.29, 1.82) is 0 Å². The Labute approximate surface area is 89.8 Å². The molecule has 0 aromatic carbocycles. The summed E-state index contributed by atoms with van der Waals surface area (Å²) in [5.74, 6) is 1.17. The van der Waals surface area contributed by atoms with Gasteiger partial charge in [0.1, 0.15) is 5.82 Å². The van der Waals surface area contributed by atoms with Gasteiger partial charge in [0.05, 0.1) is 6.04 Å². The Balaban J connectivity index is 0.000000151. The summed E-state index contributed by atoms with van der Waals surface area (Å²) in [5.41, 5.74) is 2.10. The normalized spacial score (nSPS) is 19.1. The number of carbonyl (C=O) groups is 1. The van der Waals surface area contributed by atoms with Crippen LogP contribution < -0.4 is 5.32 Å². The van der Waals surface area contributed by atoms with E-state index in [2.05, 4.69) is 15.3 Å². The van der Waals surface area contributed by atoms with Gasteiger partial charge < -0.3 is 10.3 Å². The molecule has 0 fully saturated rings. The molecule has 15 heavy (non-hydrogen) atoms. The monoisotopic (exact) mass is 207 g/mol. The maximum absolute atomic E-state index is 10.6. The maximum atomic E-state index is 10.6. The number of imidazole rings is 1. The molecule has 1 atom stereocenters. The van der Waals surface area contributed by atoms with Gasteiger partial charge in [0.25, 0.3) is 0 Å². The Morgan fingerprint density at radius 1 is 1.33 bits per heavy atom. The summed E-state index contributed by atoms with van der Waals surface area (Å²) in [6.07, 6.45) is 3.44. The zero-order valence-corrected chi connectivity index (χ0v) is 9.59. The predicted octanol–water partition coefficient (Wildman–Crippen LogP) is 1.48. The zero-order valence-electron chi connectivity index (χ0n) is 9.59. The van der Waals surface area contributed by atoms with Crippen LogP contribution in [-0.2, 0) is 4.79 Å². The molecular weight excluding hydrogens is 190 g/mol. The quantitative estimate of drug-likeness (QED) is 0.677. The minimum atomic E-state index is 0.00926. The van der Waals surface area contributed by atoms with Crippen LogP contribution in [0.1, 0.15) is 25.4 Å². The van der Waals surface area contributed by atoms with Gasteiger partial charge in [-0.3, -0.25) is 4.79 Å². The summed E-state index contributed by atoms with van der Waals surface area (Å²) >= 11 is 0. The number of H-pyrrole nitrogens is 1. The van der Waals surface area contributed by atoms with Crippen molar-refractivity contribution in [2.24, 2.45) is 0 Å². The molecule has 82 valence electrons. The first kappa shape index (κ1) is 11.5. The van der Waals surface area contributed by atoms with Gasteiger partial charge in [-0.2, -0.15) is 0 Å². The fraction of sp³-hybridized carbons (Fsp3) is 0.455. The van der Waals surface area contributed by atoms with E-state index in [-0.39, 0.29) is 11.8 Å². The van der Waals surface area contributed by atoms with E-state index in [1.54, 1.807) is 6.08 Å². The lowest BCUT2D eigenvalue weighted by molar-refractivity contribution is -0.115. The van der Waals surface area contributed by atoms with Gasteiger partial charge in [-0.1, -0.05) is 0 Å². The highest BCUT2D eigenvalue weighted by Crippen LogP contribution is 2.01. The number of nitrogens with zero attached hydrogens (tertiary/aromatic N) is 1. The second-order valence-corrected chi connectivity index (χ2v) is 3.75. The van der Waals surface area contributed by atoms with Crippen LogP contribution in [-0.4, -0.2) is 21.8 Å². The van der Waals surface area contributed by atoms with Crippen molar-refractivity contribution < 1.29 is 4.79 Å². The van der Waals surface area contributed by atoms with Crippen molar-refractivity contribution in [2.75, 3.05) is 0 Å². The number of hydrogen-bond acceptors (Lipinski definition) is 3. The lowest BCUT2D eigenvalue weighted by atomic mass is 10.3. The number of aromatic amines is 1. The lowest BCUT2D eigenvalue weighted by Gasteiger charge is -2.00. The van der Waals surface area contributed by atoms with Crippen LogP contribution in [0.4, 0.5) is 0 Å². The van der Waals surface area contributed by atoms with Crippen LogP contribution in [0.2, 0.25) is 0 Å². The number of hydrogen-bond donors (Lipinski definition) is 2. The highest BCUT2D eigenvalue weighted by molar-refractivity contribution is 5.96. The Bertz CT molecular complexity index is 362. The molecule has 0 saturated heterocycles. The molecule has 1 aliphatic heterocycles. The smallest absolute Gasteiger partial charge is 0.179 e. The summed E-state index contributed by atoms with van der Waals surface area (Å²) in [7, 11) is 0. The number of ketones is 1. The molecule has 4 nitrogen and oxygen atoms in total. The Morgan fingerprint density at radius 3 is 2.13 bits per heavy atom. The van der Waals surface area contributed by atoms with Gasteiger partial charge >= 0.3 is 0 Å². The number of nitrogens with one attached hydrogen (secondary N) is 2. The van der Waals surface area contributed by atoms with E-state index in [1.807, 2.05) is 33.9 Å². The molecule has 2 heterocycles. The fourth-order valence-corrected chi connectivity index (χ4v) is 1.34. The van der Waals surface area contributed by atoms with E-state index < -0.39 is 0 Å². The molecule has 0 bridgehead atoms. The molecule has 1 aromatic heterocycles. The van der Waals surface area contributed by atoms with Gasteiger partial charge in [0.2, 0.25) is 0 Å². The second-order valence-electron chi connectivity index (χ2n) is 3.75. The minimum Gasteiger partial charge on any atom is -0.379 e. The third kappa shape index (κ3) is 3.58. The van der Waals surface area contributed by atoms with Gasteiger partial charge in [0, 0.05) is 23.7 Å². The van der Waals surface area contributed by atoms with E-state index >= 15 is 0 Å². The molecule has 0 saturated carbocycles. The molecule has 1 aliphatic rings. The van der Waals surface area contributed by atoms with Gasteiger partial charge in [0.15, 0.2) is 5.78 Å². The topological polar surface area (TPSA) is 57.8 Å². The average molecular weight is 207 g/mol. The first-order chi connectivity index (χ1) is 6.99. The molecule has 0 amide bonds. The molecule has 0 spiro atoms. The minimum absolute atomic E-state index is 0.00926. The van der Waals surface area contributed by atoms with Crippen LogP contribution >= 0.6 is 0 Å². The summed E-state index contributed by atoms with van der Waals surface area (Å²) in [6.45, 7) is 7.67. The highest BCUT2D eigenvalue weighted by Gasteiger charge is 2.15. The Hall–Kier alpha value is -1.58. The number of allylic oxidation sites excluding steroid dienone is 1. The van der Waals surface area contributed by atoms with Crippen molar-refractivity contribution in [2.45, 2.75) is 33.7 Å². The molecule has 0 aliphatic carbocycles. The first-order valence-corrected chi connectivity index (χ1v) is 4.96. The molecule has 0 radical (unpaired) electrons. The van der Waals surface area contributed by atoms with E-state index in [1.165, 1.54) is 0 Å². The van der Waals surface area contributed by atoms with Gasteiger partial charge in [-0.15, -0.1) is 0 Å². The summed E-state index contributed by atoms with van der Waals surface area (Å²) in [4.78, 5) is 17.6. The largest absolute Gasteiger partial charge is 0.379 e. The van der Waals surface area contributed by atoms with E-state index in [9.17, 15) is 4.79 Å². The first-order valence-electron chi connectivity index (χ1n) is 4.96. The van der Waals surface area contributed by atoms with Crippen molar-refractivity contribution in [1.82, 2.24) is 15.3 Å². The molecule has 1 aromatic rings. The van der Waals surface area contributed by atoms with Crippen LogP contribution in [0.3, 0.4) is 0 Å². The van der Waals surface area contributed by atoms with Crippen molar-refractivity contribution in [3.63, 3.8) is 0 Å². The standard InChI is InChI=1S/C6H9NO.C5H8N2/c1-4-3-6(8)5(2)7-4;1-4-3-6-5(2)7-4/h3,5,7H,1-2H3;3H,1-2H3,(H,6,7). The molecule has 2 N–H and O–H groups in total. The van der Waals surface area contributed by atoms with Crippen LogP contribution in [0.25, 0.3) is 0 Å². The third-order valence-corrected chi connectivity index (χ3v) is 2.06. The molecule has 1 unspecified atom stereocenters. The van der Waals surface area contributed by atoms with Crippen LogP contribution in [0.15, 0.2) is 18.0 Å². The van der Waals surface area contributed by atoms with Crippen molar-refractivity contribution in [3.8, 4) is 0 Å². The number of aryl methyl sites for hydroxylation is 2. The fourth-order valence-electron chi connectivity index (χ4n) is 1.34. The maximum Gasteiger partial charge on any atom is 0.179 e. The van der Waals surface area contributed by atoms with Gasteiger partial charge in [-0.25, -0.2) is 4.98 Å². The number of rotatable bonds is 0. The summed E-state index contributed by atoms with van der Waals surface area (Å²) < 4.78 is 0. The Morgan fingerprint density at radius 2 is 2.00 bits per heavy atom. The van der Waals surface area contributed by atoms with Crippen molar-refractivity contribution >= 4 is 5.78 Å². The highest BCUT2D eigenvalue weighted by atomic mass is 16.1. The van der Waals surface area contributed by atoms with Gasteiger partial charge in [-0.05, 0) is 27.7 Å². The van der Waals surface area contributed by atoms with Crippen molar-refractivity contribution in [3.05, 3.63) is 29.5 Å². The number of carbonyl (C=O) groups excluding carboxylic acids is 1. The van der Waals surface area contributed by atoms with E-state index in [0.29, 0.717) is 0 Å². The molecule has 4 heteroatoms. The van der Waals surface area contributed by atoms with E-state index in [4.69, 9.17) is 0 Å². The second kappa shape index (κ2) is 4.77. The lowest BCUT2D eigenvalue weighted by Crippen LogP contribution is -2.23. The molecule has 2 rings (SSSR count). The predicted molar refractivity (Wildman–Crippen MR) is 59.4 cm³/mol. The molecular formula is C11H17N3O. The average Bonchev–Trinajstić information content (AvgIpc) is 2.61. The SMILES string of the molecule is CC1=CC(=O)C(C)N1.Cc1cnc(C)[nH]1. The van der Waals surface area contributed by atoms with E-state index in [0.717, 1.165) is 17.2 Å². The Kier molecular flexibility index (Phi) is 3.66. The van der Waals surface area contributed by atoms with Crippen LogP contribution in [0.5, 0.6) is 0 Å².